The number of thiazole rings is 1. The highest BCUT2D eigenvalue weighted by atomic mass is 79.9. The number of imidazole rings is 1. The highest BCUT2D eigenvalue weighted by molar-refractivity contribution is 9.10. The number of aromatic amines is 1. The summed E-state index contributed by atoms with van der Waals surface area (Å²) in [6, 6.07) is 12.3. The highest BCUT2D eigenvalue weighted by Gasteiger charge is 2.08. The molecule has 0 saturated heterocycles. The zero-order valence-electron chi connectivity index (χ0n) is 10.1. The van der Waals surface area contributed by atoms with E-state index in [1.165, 1.54) is 0 Å². The zero-order chi connectivity index (χ0) is 13.7. The molecule has 0 bridgehead atoms. The summed E-state index contributed by atoms with van der Waals surface area (Å²) in [6.45, 7) is 0. The minimum absolute atomic E-state index is 0.696. The first-order valence-corrected chi connectivity index (χ1v) is 8.04. The van der Waals surface area contributed by atoms with Gasteiger partial charge in [-0.25, -0.2) is 4.98 Å². The summed E-state index contributed by atoms with van der Waals surface area (Å²) >= 11 is 10.6. The molecule has 3 nitrogen and oxygen atoms in total. The van der Waals surface area contributed by atoms with E-state index in [2.05, 4.69) is 42.6 Å². The quantitative estimate of drug-likeness (QED) is 0.480. The van der Waals surface area contributed by atoms with Gasteiger partial charge in [-0.05, 0) is 48.6 Å². The Bertz CT molecular complexity index is 996. The van der Waals surface area contributed by atoms with E-state index in [0.29, 0.717) is 4.77 Å². The first-order chi connectivity index (χ1) is 9.72. The van der Waals surface area contributed by atoms with Crippen LogP contribution in [0.5, 0.6) is 0 Å². The van der Waals surface area contributed by atoms with Crippen molar-refractivity contribution < 1.29 is 0 Å². The van der Waals surface area contributed by atoms with Gasteiger partial charge in [0.05, 0.1) is 26.8 Å². The van der Waals surface area contributed by atoms with Crippen LogP contribution in [0.1, 0.15) is 0 Å². The first-order valence-electron chi connectivity index (χ1n) is 5.96. The predicted octanol–water partition coefficient (Wildman–Crippen LogP) is 5.06. The molecule has 0 aliphatic rings. The van der Waals surface area contributed by atoms with Gasteiger partial charge in [-0.3, -0.25) is 4.57 Å². The molecule has 4 rings (SSSR count). The summed E-state index contributed by atoms with van der Waals surface area (Å²) in [4.78, 5) is 7.55. The van der Waals surface area contributed by atoms with Crippen molar-refractivity contribution in [3.63, 3.8) is 0 Å². The molecular formula is C14H8BrN3S2. The van der Waals surface area contributed by atoms with Gasteiger partial charge in [0, 0.05) is 10.2 Å². The summed E-state index contributed by atoms with van der Waals surface area (Å²) in [5.74, 6) is 0. The lowest BCUT2D eigenvalue weighted by molar-refractivity contribution is 1.07. The summed E-state index contributed by atoms with van der Waals surface area (Å²) in [5.41, 5.74) is 6.03. The molecule has 0 radical (unpaired) electrons. The van der Waals surface area contributed by atoms with Crippen molar-refractivity contribution in [2.24, 2.45) is 0 Å². The van der Waals surface area contributed by atoms with Crippen LogP contribution in [0.25, 0.3) is 26.9 Å². The molecule has 0 aliphatic heterocycles. The summed E-state index contributed by atoms with van der Waals surface area (Å²) in [5, 5.41) is 0. The Kier molecular flexibility index (Phi) is 2.76. The van der Waals surface area contributed by atoms with Crippen LogP contribution in [0, 0.1) is 4.77 Å². The van der Waals surface area contributed by atoms with Crippen LogP contribution >= 0.6 is 39.5 Å². The number of rotatable bonds is 1. The normalized spacial score (nSPS) is 11.4. The molecule has 0 saturated carbocycles. The average molecular weight is 362 g/mol. The largest absolute Gasteiger partial charge is 0.330 e. The van der Waals surface area contributed by atoms with E-state index < -0.39 is 0 Å². The molecule has 2 aromatic carbocycles. The van der Waals surface area contributed by atoms with Crippen LogP contribution in [0.15, 0.2) is 46.4 Å². The van der Waals surface area contributed by atoms with E-state index in [1.54, 1.807) is 11.3 Å². The Morgan fingerprint density at radius 3 is 3.00 bits per heavy atom. The molecule has 6 heteroatoms. The maximum Gasteiger partial charge on any atom is 0.182 e. The van der Waals surface area contributed by atoms with Crippen LogP contribution in [-0.4, -0.2) is 14.5 Å². The second kappa shape index (κ2) is 4.51. The number of nitrogens with one attached hydrogen (secondary N) is 1. The van der Waals surface area contributed by atoms with Gasteiger partial charge in [-0.2, -0.15) is 0 Å². The van der Waals surface area contributed by atoms with E-state index >= 15 is 0 Å². The van der Waals surface area contributed by atoms with Gasteiger partial charge in [0.25, 0.3) is 0 Å². The van der Waals surface area contributed by atoms with E-state index in [1.807, 2.05) is 29.8 Å². The van der Waals surface area contributed by atoms with Crippen molar-refractivity contribution >= 4 is 60.7 Å². The number of nitrogens with zero attached hydrogens (tertiary/aromatic N) is 2. The molecule has 0 amide bonds. The minimum Gasteiger partial charge on any atom is -0.330 e. The standard InChI is InChI=1S/C14H8BrN3S2/c15-8-1-3-10-12(5-8)18(14(19)17-10)9-2-4-11-13(6-9)20-7-16-11/h1-7H,(H,17,19). The fourth-order valence-electron chi connectivity index (χ4n) is 2.32. The molecule has 2 aromatic heterocycles. The molecule has 0 spiro atoms. The average Bonchev–Trinajstić information content (AvgIpc) is 3.00. The van der Waals surface area contributed by atoms with Crippen molar-refractivity contribution in [1.82, 2.24) is 14.5 Å². The maximum atomic E-state index is 5.46. The maximum absolute atomic E-state index is 5.46. The number of hydrogen-bond donors (Lipinski definition) is 1. The van der Waals surface area contributed by atoms with Crippen molar-refractivity contribution in [3.05, 3.63) is 51.2 Å². The fourth-order valence-corrected chi connectivity index (χ4v) is 3.69. The third-order valence-corrected chi connectivity index (χ3v) is 4.79. The smallest absolute Gasteiger partial charge is 0.182 e. The topological polar surface area (TPSA) is 33.6 Å². The summed E-state index contributed by atoms with van der Waals surface area (Å²) in [7, 11) is 0. The van der Waals surface area contributed by atoms with Crippen LogP contribution in [-0.2, 0) is 0 Å². The van der Waals surface area contributed by atoms with E-state index in [4.69, 9.17) is 12.2 Å². The summed E-state index contributed by atoms with van der Waals surface area (Å²) < 4.78 is 4.94. The molecule has 0 fully saturated rings. The van der Waals surface area contributed by atoms with E-state index in [0.717, 1.165) is 31.4 Å². The Labute approximate surface area is 132 Å². The minimum atomic E-state index is 0.696. The number of aromatic nitrogens is 3. The molecule has 0 aliphatic carbocycles. The second-order valence-electron chi connectivity index (χ2n) is 4.43. The van der Waals surface area contributed by atoms with Crippen LogP contribution in [0.4, 0.5) is 0 Å². The van der Waals surface area contributed by atoms with Gasteiger partial charge in [0.2, 0.25) is 0 Å². The van der Waals surface area contributed by atoms with Crippen molar-refractivity contribution in [2.45, 2.75) is 0 Å². The predicted molar refractivity (Wildman–Crippen MR) is 89.3 cm³/mol. The molecule has 98 valence electrons. The number of H-pyrrole nitrogens is 1. The Balaban J connectivity index is 2.07. The van der Waals surface area contributed by atoms with Gasteiger partial charge in [-0.1, -0.05) is 15.9 Å². The molecule has 20 heavy (non-hydrogen) atoms. The van der Waals surface area contributed by atoms with Gasteiger partial charge in [0.15, 0.2) is 4.77 Å². The Morgan fingerprint density at radius 2 is 2.10 bits per heavy atom. The third-order valence-electron chi connectivity index (χ3n) is 3.22. The van der Waals surface area contributed by atoms with Gasteiger partial charge in [-0.15, -0.1) is 11.3 Å². The summed E-state index contributed by atoms with van der Waals surface area (Å²) in [6.07, 6.45) is 0. The van der Waals surface area contributed by atoms with Gasteiger partial charge >= 0.3 is 0 Å². The fraction of sp³-hybridized carbons (Fsp3) is 0. The molecule has 2 heterocycles. The van der Waals surface area contributed by atoms with Crippen LogP contribution in [0.3, 0.4) is 0 Å². The monoisotopic (exact) mass is 361 g/mol. The highest BCUT2D eigenvalue weighted by Crippen LogP contribution is 2.26. The lowest BCUT2D eigenvalue weighted by atomic mass is 10.2. The second-order valence-corrected chi connectivity index (χ2v) is 6.62. The first kappa shape index (κ1) is 12.3. The SMILES string of the molecule is S=c1[nH]c2ccc(Br)cc2n1-c1ccc2ncsc2c1. The Hall–Kier alpha value is -1.50. The van der Waals surface area contributed by atoms with Crippen molar-refractivity contribution in [3.8, 4) is 5.69 Å². The van der Waals surface area contributed by atoms with Crippen LogP contribution < -0.4 is 0 Å². The number of halogens is 1. The van der Waals surface area contributed by atoms with E-state index in [-0.39, 0.29) is 0 Å². The molecule has 4 aromatic rings. The van der Waals surface area contributed by atoms with Gasteiger partial charge < -0.3 is 4.98 Å². The number of fused-ring (bicyclic) bond motifs is 2. The lowest BCUT2D eigenvalue weighted by Gasteiger charge is -2.04. The number of hydrogen-bond acceptors (Lipinski definition) is 3. The number of benzene rings is 2. The third kappa shape index (κ3) is 1.83. The van der Waals surface area contributed by atoms with Crippen molar-refractivity contribution in [2.75, 3.05) is 0 Å². The molecule has 0 atom stereocenters. The lowest BCUT2D eigenvalue weighted by Crippen LogP contribution is -1.93. The van der Waals surface area contributed by atoms with Gasteiger partial charge in [0.1, 0.15) is 0 Å². The molecular weight excluding hydrogens is 354 g/mol. The Morgan fingerprint density at radius 1 is 1.20 bits per heavy atom. The van der Waals surface area contributed by atoms with E-state index in [9.17, 15) is 0 Å². The van der Waals surface area contributed by atoms with Crippen molar-refractivity contribution in [1.29, 1.82) is 0 Å². The molecule has 0 unspecified atom stereocenters. The zero-order valence-corrected chi connectivity index (χ0v) is 13.3. The van der Waals surface area contributed by atoms with Crippen LogP contribution in [0.2, 0.25) is 0 Å². The molecule has 1 N–H and O–H groups in total.